The van der Waals surface area contributed by atoms with Gasteiger partial charge in [-0.25, -0.2) is 9.78 Å². The molecule has 0 radical (unpaired) electrons. The van der Waals surface area contributed by atoms with E-state index in [-0.39, 0.29) is 5.97 Å². The lowest BCUT2D eigenvalue weighted by Crippen LogP contribution is -2.01. The molecule has 0 aliphatic heterocycles. The molecule has 3 rings (SSSR count). The van der Waals surface area contributed by atoms with Crippen LogP contribution < -0.4 is 9.47 Å². The Morgan fingerprint density at radius 3 is 2.62 bits per heavy atom. The highest BCUT2D eigenvalue weighted by atomic mass is 79.9. The molecule has 0 N–H and O–H groups in total. The third-order valence-electron chi connectivity index (χ3n) is 3.61. The largest absolute Gasteiger partial charge is 0.496 e. The zero-order valence-electron chi connectivity index (χ0n) is 14.2. The molecule has 0 aliphatic carbocycles. The molecule has 0 bridgehead atoms. The molecule has 0 unspecified atom stereocenters. The van der Waals surface area contributed by atoms with Crippen LogP contribution in [0.3, 0.4) is 0 Å². The molecular weight excluding hydrogens is 418 g/mol. The molecule has 3 aromatic rings. The summed E-state index contributed by atoms with van der Waals surface area (Å²) in [5.41, 5.74) is 2.24. The van der Waals surface area contributed by atoms with Gasteiger partial charge in [0.2, 0.25) is 0 Å². The lowest BCUT2D eigenvalue weighted by Gasteiger charge is -2.06. The van der Waals surface area contributed by atoms with Gasteiger partial charge in [0, 0.05) is 9.85 Å². The van der Waals surface area contributed by atoms with Gasteiger partial charge in [-0.15, -0.1) is 11.3 Å². The molecule has 7 heteroatoms. The SMILES string of the molecule is COC(=O)c1ccc(OCc2csc(-c3cc(Br)ccc3OC)n2)cc1. The minimum Gasteiger partial charge on any atom is -0.496 e. The summed E-state index contributed by atoms with van der Waals surface area (Å²) < 4.78 is 16.8. The van der Waals surface area contributed by atoms with Crippen LogP contribution in [0, 0.1) is 0 Å². The molecule has 1 aromatic heterocycles. The highest BCUT2D eigenvalue weighted by molar-refractivity contribution is 9.10. The quantitative estimate of drug-likeness (QED) is 0.514. The van der Waals surface area contributed by atoms with E-state index in [0.29, 0.717) is 17.9 Å². The summed E-state index contributed by atoms with van der Waals surface area (Å²) in [6, 6.07) is 12.6. The molecule has 5 nitrogen and oxygen atoms in total. The lowest BCUT2D eigenvalue weighted by molar-refractivity contribution is 0.0600. The van der Waals surface area contributed by atoms with Crippen LogP contribution in [0.15, 0.2) is 52.3 Å². The summed E-state index contributed by atoms with van der Waals surface area (Å²) in [5.74, 6) is 1.06. The second-order valence-electron chi connectivity index (χ2n) is 5.29. The van der Waals surface area contributed by atoms with E-state index in [0.717, 1.165) is 26.5 Å². The van der Waals surface area contributed by atoms with E-state index in [1.165, 1.54) is 18.4 Å². The highest BCUT2D eigenvalue weighted by Crippen LogP contribution is 2.34. The van der Waals surface area contributed by atoms with Gasteiger partial charge in [-0.3, -0.25) is 0 Å². The highest BCUT2D eigenvalue weighted by Gasteiger charge is 2.12. The van der Waals surface area contributed by atoms with E-state index in [2.05, 4.69) is 25.7 Å². The van der Waals surface area contributed by atoms with Crippen molar-refractivity contribution < 1.29 is 19.0 Å². The molecule has 1 heterocycles. The van der Waals surface area contributed by atoms with Gasteiger partial charge in [0.05, 0.1) is 31.0 Å². The van der Waals surface area contributed by atoms with Crippen molar-refractivity contribution in [2.75, 3.05) is 14.2 Å². The van der Waals surface area contributed by atoms with Crippen molar-refractivity contribution in [3.63, 3.8) is 0 Å². The predicted molar refractivity (Wildman–Crippen MR) is 104 cm³/mol. The van der Waals surface area contributed by atoms with Crippen LogP contribution >= 0.6 is 27.3 Å². The van der Waals surface area contributed by atoms with Crippen LogP contribution in [0.2, 0.25) is 0 Å². The van der Waals surface area contributed by atoms with E-state index < -0.39 is 0 Å². The fraction of sp³-hybridized carbons (Fsp3) is 0.158. The number of halogens is 1. The summed E-state index contributed by atoms with van der Waals surface area (Å²) in [6.07, 6.45) is 0. The Balaban J connectivity index is 1.69. The monoisotopic (exact) mass is 433 g/mol. The van der Waals surface area contributed by atoms with Gasteiger partial charge in [0.1, 0.15) is 23.1 Å². The average molecular weight is 434 g/mol. The number of hydrogen-bond donors (Lipinski definition) is 0. The fourth-order valence-electron chi connectivity index (χ4n) is 2.31. The number of carbonyl (C=O) groups is 1. The van der Waals surface area contributed by atoms with E-state index in [4.69, 9.17) is 9.47 Å². The standard InChI is InChI=1S/C19H16BrNO4S/c1-23-17-8-5-13(20)9-16(17)18-21-14(11-26-18)10-25-15-6-3-12(4-7-15)19(22)24-2/h3-9,11H,10H2,1-2H3. The van der Waals surface area contributed by atoms with Crippen LogP contribution in [0.1, 0.15) is 16.1 Å². The molecule has 0 amide bonds. The summed E-state index contributed by atoms with van der Waals surface area (Å²) in [7, 11) is 3.00. The van der Waals surface area contributed by atoms with Gasteiger partial charge in [0.25, 0.3) is 0 Å². The number of ether oxygens (including phenoxy) is 3. The first kappa shape index (κ1) is 18.4. The van der Waals surface area contributed by atoms with Crippen molar-refractivity contribution >= 4 is 33.2 Å². The minimum atomic E-state index is -0.372. The third kappa shape index (κ3) is 4.23. The number of rotatable bonds is 6. The van der Waals surface area contributed by atoms with Crippen LogP contribution in [0.5, 0.6) is 11.5 Å². The third-order valence-corrected chi connectivity index (χ3v) is 5.02. The Hall–Kier alpha value is -2.38. The second kappa shape index (κ2) is 8.33. The van der Waals surface area contributed by atoms with Crippen molar-refractivity contribution in [2.45, 2.75) is 6.61 Å². The first-order valence-electron chi connectivity index (χ1n) is 7.70. The average Bonchev–Trinajstić information content (AvgIpc) is 3.15. The van der Waals surface area contributed by atoms with Gasteiger partial charge < -0.3 is 14.2 Å². The van der Waals surface area contributed by atoms with E-state index in [1.807, 2.05) is 23.6 Å². The number of benzene rings is 2. The van der Waals surface area contributed by atoms with Crippen LogP contribution in [-0.4, -0.2) is 25.2 Å². The normalized spacial score (nSPS) is 10.4. The van der Waals surface area contributed by atoms with Crippen molar-refractivity contribution in [1.82, 2.24) is 4.98 Å². The van der Waals surface area contributed by atoms with Gasteiger partial charge in [-0.2, -0.15) is 0 Å². The zero-order valence-corrected chi connectivity index (χ0v) is 16.6. The first-order valence-corrected chi connectivity index (χ1v) is 9.37. The molecule has 2 aromatic carbocycles. The van der Waals surface area contributed by atoms with Crippen LogP contribution in [-0.2, 0) is 11.3 Å². The second-order valence-corrected chi connectivity index (χ2v) is 7.07. The van der Waals surface area contributed by atoms with Crippen molar-refractivity contribution in [1.29, 1.82) is 0 Å². The predicted octanol–water partition coefficient (Wildman–Crippen LogP) is 4.95. The number of methoxy groups -OCH3 is 2. The summed E-state index contributed by atoms with van der Waals surface area (Å²) in [4.78, 5) is 16.1. The maximum Gasteiger partial charge on any atom is 0.337 e. The first-order chi connectivity index (χ1) is 12.6. The Morgan fingerprint density at radius 2 is 1.92 bits per heavy atom. The van der Waals surface area contributed by atoms with E-state index in [1.54, 1.807) is 31.4 Å². The topological polar surface area (TPSA) is 57.7 Å². The maximum atomic E-state index is 11.4. The molecule has 0 atom stereocenters. The summed E-state index contributed by atoms with van der Waals surface area (Å²) in [6.45, 7) is 0.338. The molecule has 26 heavy (non-hydrogen) atoms. The number of esters is 1. The molecular formula is C19H16BrNO4S. The van der Waals surface area contributed by atoms with Gasteiger partial charge in [-0.05, 0) is 42.5 Å². The van der Waals surface area contributed by atoms with Crippen molar-refractivity contribution in [2.24, 2.45) is 0 Å². The Bertz CT molecular complexity index is 908. The van der Waals surface area contributed by atoms with Gasteiger partial charge >= 0.3 is 5.97 Å². The summed E-state index contributed by atoms with van der Waals surface area (Å²) in [5, 5.41) is 2.82. The smallest absolute Gasteiger partial charge is 0.337 e. The maximum absolute atomic E-state index is 11.4. The van der Waals surface area contributed by atoms with Gasteiger partial charge in [-0.1, -0.05) is 15.9 Å². The zero-order chi connectivity index (χ0) is 18.5. The Morgan fingerprint density at radius 1 is 1.15 bits per heavy atom. The lowest BCUT2D eigenvalue weighted by atomic mass is 10.2. The Labute approximate surface area is 163 Å². The Kier molecular flexibility index (Phi) is 5.90. The molecule has 0 aliphatic rings. The number of hydrogen-bond acceptors (Lipinski definition) is 6. The number of nitrogens with zero attached hydrogens (tertiary/aromatic N) is 1. The minimum absolute atomic E-state index is 0.338. The van der Waals surface area contributed by atoms with Crippen LogP contribution in [0.4, 0.5) is 0 Å². The van der Waals surface area contributed by atoms with E-state index in [9.17, 15) is 4.79 Å². The fourth-order valence-corrected chi connectivity index (χ4v) is 3.49. The molecule has 0 saturated carbocycles. The number of carbonyl (C=O) groups excluding carboxylic acids is 1. The molecule has 0 saturated heterocycles. The number of thiazole rings is 1. The van der Waals surface area contributed by atoms with Crippen molar-refractivity contribution in [3.05, 3.63) is 63.6 Å². The molecule has 134 valence electrons. The number of aromatic nitrogens is 1. The molecule has 0 fully saturated rings. The van der Waals surface area contributed by atoms with Gasteiger partial charge in [0.15, 0.2) is 0 Å². The van der Waals surface area contributed by atoms with Crippen molar-refractivity contribution in [3.8, 4) is 22.1 Å². The van der Waals surface area contributed by atoms with Crippen LogP contribution in [0.25, 0.3) is 10.6 Å². The van der Waals surface area contributed by atoms with E-state index >= 15 is 0 Å². The molecule has 0 spiro atoms. The summed E-state index contributed by atoms with van der Waals surface area (Å²) >= 11 is 5.01.